The molecule has 1 heterocycles. The highest BCUT2D eigenvalue weighted by molar-refractivity contribution is 5.95. The molecule has 0 atom stereocenters. The number of ether oxygens (including phenoxy) is 1. The summed E-state index contributed by atoms with van der Waals surface area (Å²) >= 11 is 0. The molecule has 0 aliphatic carbocycles. The molecular formula is C11H15N3O5. The quantitative estimate of drug-likeness (QED) is 0.582. The smallest absolute Gasteiger partial charge is 0.329 e. The lowest BCUT2D eigenvalue weighted by Crippen LogP contribution is -2.34. The largest absolute Gasteiger partial charge is 0.480 e. The number of hydrogen-bond acceptors (Lipinski definition) is 5. The number of aliphatic carboxylic acids is 1. The minimum absolute atomic E-state index is 0.00531. The minimum Gasteiger partial charge on any atom is -0.480 e. The van der Waals surface area contributed by atoms with E-state index in [-0.39, 0.29) is 18.7 Å². The third-order valence-corrected chi connectivity index (χ3v) is 2.45. The Kier molecular flexibility index (Phi) is 5.19. The summed E-state index contributed by atoms with van der Waals surface area (Å²) in [7, 11) is 0. The van der Waals surface area contributed by atoms with Crippen molar-refractivity contribution in [3.8, 4) is 0 Å². The highest BCUT2D eigenvalue weighted by Gasteiger charge is 2.15. The molecule has 0 saturated carbocycles. The van der Waals surface area contributed by atoms with Gasteiger partial charge in [0.05, 0.1) is 12.3 Å². The molecule has 8 nitrogen and oxygen atoms in total. The fraction of sp³-hybridized carbons (Fsp3) is 0.455. The van der Waals surface area contributed by atoms with Gasteiger partial charge in [0.15, 0.2) is 0 Å². The zero-order valence-electron chi connectivity index (χ0n) is 10.6. The van der Waals surface area contributed by atoms with Crippen molar-refractivity contribution in [2.75, 3.05) is 19.8 Å². The van der Waals surface area contributed by atoms with Crippen molar-refractivity contribution >= 4 is 11.9 Å². The maximum atomic E-state index is 11.8. The van der Waals surface area contributed by atoms with Crippen molar-refractivity contribution in [2.24, 2.45) is 0 Å². The van der Waals surface area contributed by atoms with Crippen LogP contribution < -0.4 is 10.9 Å². The van der Waals surface area contributed by atoms with Crippen LogP contribution >= 0.6 is 0 Å². The minimum atomic E-state index is -1.08. The van der Waals surface area contributed by atoms with Gasteiger partial charge in [-0.1, -0.05) is 0 Å². The van der Waals surface area contributed by atoms with Crippen LogP contribution in [-0.4, -0.2) is 46.9 Å². The monoisotopic (exact) mass is 269 g/mol. The zero-order valence-corrected chi connectivity index (χ0v) is 10.6. The highest BCUT2D eigenvalue weighted by atomic mass is 16.5. The highest BCUT2D eigenvalue weighted by Crippen LogP contribution is 2.04. The van der Waals surface area contributed by atoms with Gasteiger partial charge < -0.3 is 15.2 Å². The summed E-state index contributed by atoms with van der Waals surface area (Å²) in [5.74, 6) is -1.62. The van der Waals surface area contributed by atoms with Gasteiger partial charge in [-0.25, -0.2) is 9.89 Å². The molecule has 0 bridgehead atoms. The lowest BCUT2D eigenvalue weighted by molar-refractivity contribution is -0.142. The van der Waals surface area contributed by atoms with E-state index in [1.807, 2.05) is 0 Å². The predicted molar refractivity (Wildman–Crippen MR) is 65.1 cm³/mol. The molecule has 0 saturated heterocycles. The first-order chi connectivity index (χ1) is 8.93. The number of rotatable bonds is 6. The van der Waals surface area contributed by atoms with Crippen molar-refractivity contribution < 1.29 is 19.4 Å². The Morgan fingerprint density at radius 1 is 1.42 bits per heavy atom. The van der Waals surface area contributed by atoms with E-state index in [0.717, 1.165) is 0 Å². The molecule has 1 aromatic rings. The van der Waals surface area contributed by atoms with Crippen LogP contribution in [0.4, 0.5) is 0 Å². The first-order valence-corrected chi connectivity index (χ1v) is 5.57. The van der Waals surface area contributed by atoms with E-state index in [2.05, 4.69) is 15.5 Å². The third-order valence-electron chi connectivity index (χ3n) is 2.45. The summed E-state index contributed by atoms with van der Waals surface area (Å²) in [4.78, 5) is 33.5. The van der Waals surface area contributed by atoms with Crippen LogP contribution in [-0.2, 0) is 9.53 Å². The average Bonchev–Trinajstić information content (AvgIpc) is 2.33. The van der Waals surface area contributed by atoms with E-state index in [9.17, 15) is 14.4 Å². The molecule has 19 heavy (non-hydrogen) atoms. The van der Waals surface area contributed by atoms with Gasteiger partial charge in [-0.05, 0) is 19.4 Å². The normalized spacial score (nSPS) is 10.2. The number of carboxylic acid groups (broad SMARTS) is 1. The molecule has 0 fully saturated rings. The second-order valence-corrected chi connectivity index (χ2v) is 3.84. The van der Waals surface area contributed by atoms with Crippen molar-refractivity contribution in [3.05, 3.63) is 27.2 Å². The van der Waals surface area contributed by atoms with Crippen LogP contribution in [0.1, 0.15) is 21.6 Å². The summed E-state index contributed by atoms with van der Waals surface area (Å²) < 4.78 is 4.75. The van der Waals surface area contributed by atoms with Gasteiger partial charge >= 0.3 is 5.97 Å². The van der Waals surface area contributed by atoms with Crippen LogP contribution in [0.5, 0.6) is 0 Å². The van der Waals surface area contributed by atoms with Crippen molar-refractivity contribution in [1.82, 2.24) is 15.5 Å². The summed E-state index contributed by atoms with van der Waals surface area (Å²) in [5, 5.41) is 16.8. The van der Waals surface area contributed by atoms with Crippen LogP contribution in [0.25, 0.3) is 0 Å². The van der Waals surface area contributed by atoms with Gasteiger partial charge in [-0.3, -0.25) is 9.59 Å². The number of nitrogens with zero attached hydrogens (tertiary/aromatic N) is 1. The molecule has 3 N–H and O–H groups in total. The molecule has 104 valence electrons. The zero-order chi connectivity index (χ0) is 14.4. The maximum Gasteiger partial charge on any atom is 0.329 e. The van der Waals surface area contributed by atoms with E-state index in [4.69, 9.17) is 9.84 Å². The topological polar surface area (TPSA) is 121 Å². The number of aromatic nitrogens is 2. The van der Waals surface area contributed by atoms with Gasteiger partial charge in [0.2, 0.25) is 0 Å². The lowest BCUT2D eigenvalue weighted by atomic mass is 10.1. The van der Waals surface area contributed by atoms with Gasteiger partial charge in [0, 0.05) is 6.54 Å². The summed E-state index contributed by atoms with van der Waals surface area (Å²) in [6, 6.07) is 0. The Morgan fingerprint density at radius 3 is 2.74 bits per heavy atom. The second-order valence-electron chi connectivity index (χ2n) is 3.84. The van der Waals surface area contributed by atoms with Crippen LogP contribution in [0.3, 0.4) is 0 Å². The first kappa shape index (κ1) is 14.8. The number of H-pyrrole nitrogens is 1. The van der Waals surface area contributed by atoms with E-state index >= 15 is 0 Å². The second kappa shape index (κ2) is 6.64. The maximum absolute atomic E-state index is 11.8. The van der Waals surface area contributed by atoms with Crippen LogP contribution in [0, 0.1) is 13.8 Å². The molecule has 1 amide bonds. The van der Waals surface area contributed by atoms with Crippen molar-refractivity contribution in [3.63, 3.8) is 0 Å². The number of carboxylic acids is 1. The van der Waals surface area contributed by atoms with E-state index in [1.54, 1.807) is 13.8 Å². The van der Waals surface area contributed by atoms with Crippen LogP contribution in [0.2, 0.25) is 0 Å². The van der Waals surface area contributed by atoms with E-state index in [0.29, 0.717) is 11.3 Å². The number of carbonyl (C=O) groups is 2. The molecule has 1 rings (SSSR count). The lowest BCUT2D eigenvalue weighted by Gasteiger charge is -2.07. The molecule has 0 aromatic carbocycles. The molecule has 0 unspecified atom stereocenters. The molecular weight excluding hydrogens is 254 g/mol. The SMILES string of the molecule is Cc1n[nH]c(=O)c(C(=O)NCCOCC(=O)O)c1C. The van der Waals surface area contributed by atoms with Crippen molar-refractivity contribution in [1.29, 1.82) is 0 Å². The Balaban J connectivity index is 2.57. The van der Waals surface area contributed by atoms with E-state index in [1.165, 1.54) is 0 Å². The Labute approximate surface area is 108 Å². The molecule has 1 aromatic heterocycles. The summed E-state index contributed by atoms with van der Waals surface area (Å²) in [6.07, 6.45) is 0. The Morgan fingerprint density at radius 2 is 2.11 bits per heavy atom. The Bertz CT molecular complexity index is 538. The number of carbonyl (C=O) groups excluding carboxylic acids is 1. The summed E-state index contributed by atoms with van der Waals surface area (Å²) in [5.41, 5.74) is 0.511. The predicted octanol–water partition coefficient (Wildman–Crippen LogP) is -0.782. The number of aryl methyl sites for hydroxylation is 1. The Hall–Kier alpha value is -2.22. The first-order valence-electron chi connectivity index (χ1n) is 5.57. The molecule has 0 spiro atoms. The molecule has 0 aliphatic rings. The van der Waals surface area contributed by atoms with Gasteiger partial charge in [0.1, 0.15) is 12.2 Å². The summed E-state index contributed by atoms with van der Waals surface area (Å²) in [6.45, 7) is 3.06. The van der Waals surface area contributed by atoms with Crippen LogP contribution in [0.15, 0.2) is 4.79 Å². The fourth-order valence-corrected chi connectivity index (χ4v) is 1.38. The third kappa shape index (κ3) is 4.18. The van der Waals surface area contributed by atoms with E-state index < -0.39 is 24.0 Å². The molecule has 0 aliphatic heterocycles. The molecule has 0 radical (unpaired) electrons. The van der Waals surface area contributed by atoms with Gasteiger partial charge in [-0.15, -0.1) is 0 Å². The van der Waals surface area contributed by atoms with Gasteiger partial charge in [0.25, 0.3) is 11.5 Å². The standard InChI is InChI=1S/C11H15N3O5/c1-6-7(2)13-14-11(18)9(6)10(17)12-3-4-19-5-8(15)16/h3-5H2,1-2H3,(H,12,17)(H,14,18)(H,15,16). The average molecular weight is 269 g/mol. The fourth-order valence-electron chi connectivity index (χ4n) is 1.38. The molecule has 8 heteroatoms. The number of nitrogens with one attached hydrogen (secondary N) is 2. The van der Waals surface area contributed by atoms with Crippen molar-refractivity contribution in [2.45, 2.75) is 13.8 Å². The van der Waals surface area contributed by atoms with Gasteiger partial charge in [-0.2, -0.15) is 5.10 Å². The number of aromatic amines is 1. The number of amides is 1. The number of hydrogen-bond donors (Lipinski definition) is 3.